The lowest BCUT2D eigenvalue weighted by Gasteiger charge is -1.96. The standard InChI is InChI=1S/C13H16O/c1-12(11-14)7-5-6-10-13-8-3-2-4-9-13/h2-4,8-9,12,14H,6,10-11H2,1H3. The number of aryl methyl sites for hydroxylation is 1. The van der Waals surface area contributed by atoms with Crippen LogP contribution in [0.15, 0.2) is 30.3 Å². The van der Waals surface area contributed by atoms with Gasteiger partial charge in [0.25, 0.3) is 0 Å². The fraction of sp³-hybridized carbons (Fsp3) is 0.385. The molecular weight excluding hydrogens is 172 g/mol. The fourth-order valence-corrected chi connectivity index (χ4v) is 1.14. The van der Waals surface area contributed by atoms with Crippen LogP contribution in [0, 0.1) is 17.8 Å². The van der Waals surface area contributed by atoms with Crippen molar-refractivity contribution in [3.63, 3.8) is 0 Å². The molecule has 1 nitrogen and oxygen atoms in total. The molecule has 1 N–H and O–H groups in total. The molecule has 1 heteroatoms. The number of hydrogen-bond donors (Lipinski definition) is 1. The summed E-state index contributed by atoms with van der Waals surface area (Å²) in [5, 5.41) is 8.75. The fourth-order valence-electron chi connectivity index (χ4n) is 1.14. The van der Waals surface area contributed by atoms with Gasteiger partial charge in [-0.05, 0) is 18.9 Å². The van der Waals surface area contributed by atoms with Crippen LogP contribution in [0.3, 0.4) is 0 Å². The molecule has 0 aliphatic carbocycles. The molecule has 74 valence electrons. The summed E-state index contributed by atoms with van der Waals surface area (Å²) in [4.78, 5) is 0. The SMILES string of the molecule is CC(C#CCCc1ccccc1)CO. The molecule has 0 aliphatic rings. The molecule has 0 fully saturated rings. The monoisotopic (exact) mass is 188 g/mol. The van der Waals surface area contributed by atoms with Crippen molar-refractivity contribution in [1.29, 1.82) is 0 Å². The second-order valence-electron chi connectivity index (χ2n) is 3.39. The highest BCUT2D eigenvalue weighted by Crippen LogP contribution is 2.01. The number of benzene rings is 1. The molecule has 0 aromatic heterocycles. The average Bonchev–Trinajstić information content (AvgIpc) is 2.25. The number of aliphatic hydroxyl groups is 1. The summed E-state index contributed by atoms with van der Waals surface area (Å²) in [7, 11) is 0. The predicted octanol–water partition coefficient (Wildman–Crippen LogP) is 2.25. The van der Waals surface area contributed by atoms with Crippen molar-refractivity contribution in [3.8, 4) is 11.8 Å². The molecule has 0 radical (unpaired) electrons. The average molecular weight is 188 g/mol. The van der Waals surface area contributed by atoms with Gasteiger partial charge in [0.2, 0.25) is 0 Å². The zero-order valence-electron chi connectivity index (χ0n) is 8.53. The number of aliphatic hydroxyl groups excluding tert-OH is 1. The smallest absolute Gasteiger partial charge is 0.0566 e. The van der Waals surface area contributed by atoms with Crippen molar-refractivity contribution in [2.24, 2.45) is 5.92 Å². The van der Waals surface area contributed by atoms with Crippen LogP contribution in [-0.4, -0.2) is 11.7 Å². The minimum absolute atomic E-state index is 0.103. The Hall–Kier alpha value is -1.26. The molecule has 0 saturated heterocycles. The van der Waals surface area contributed by atoms with E-state index in [1.807, 2.05) is 25.1 Å². The highest BCUT2D eigenvalue weighted by molar-refractivity contribution is 5.16. The van der Waals surface area contributed by atoms with Crippen LogP contribution in [0.25, 0.3) is 0 Å². The van der Waals surface area contributed by atoms with E-state index in [4.69, 9.17) is 5.11 Å². The van der Waals surface area contributed by atoms with Gasteiger partial charge in [0.15, 0.2) is 0 Å². The van der Waals surface area contributed by atoms with Crippen LogP contribution < -0.4 is 0 Å². The van der Waals surface area contributed by atoms with E-state index >= 15 is 0 Å². The topological polar surface area (TPSA) is 20.2 Å². The van der Waals surface area contributed by atoms with Gasteiger partial charge in [0.05, 0.1) is 6.61 Å². The van der Waals surface area contributed by atoms with E-state index in [9.17, 15) is 0 Å². The third-order valence-corrected chi connectivity index (χ3v) is 2.00. The molecule has 1 aromatic carbocycles. The summed E-state index contributed by atoms with van der Waals surface area (Å²) < 4.78 is 0. The van der Waals surface area contributed by atoms with Crippen LogP contribution in [0.2, 0.25) is 0 Å². The Morgan fingerprint density at radius 1 is 1.29 bits per heavy atom. The van der Waals surface area contributed by atoms with Gasteiger partial charge in [-0.3, -0.25) is 0 Å². The maximum Gasteiger partial charge on any atom is 0.0566 e. The Balaban J connectivity index is 2.31. The molecule has 1 atom stereocenters. The molecule has 0 spiro atoms. The first-order chi connectivity index (χ1) is 6.83. The van der Waals surface area contributed by atoms with Crippen molar-refractivity contribution in [1.82, 2.24) is 0 Å². The van der Waals surface area contributed by atoms with Gasteiger partial charge < -0.3 is 5.11 Å². The second-order valence-corrected chi connectivity index (χ2v) is 3.39. The molecule has 1 rings (SSSR count). The lowest BCUT2D eigenvalue weighted by molar-refractivity contribution is 0.266. The number of rotatable bonds is 3. The summed E-state index contributed by atoms with van der Waals surface area (Å²) in [6.07, 6.45) is 1.86. The molecule has 14 heavy (non-hydrogen) atoms. The van der Waals surface area contributed by atoms with Crippen molar-refractivity contribution >= 4 is 0 Å². The number of hydrogen-bond acceptors (Lipinski definition) is 1. The van der Waals surface area contributed by atoms with E-state index in [1.54, 1.807) is 0 Å². The van der Waals surface area contributed by atoms with Crippen LogP contribution >= 0.6 is 0 Å². The van der Waals surface area contributed by atoms with Crippen molar-refractivity contribution in [2.45, 2.75) is 19.8 Å². The van der Waals surface area contributed by atoms with Gasteiger partial charge in [0, 0.05) is 12.3 Å². The van der Waals surface area contributed by atoms with Gasteiger partial charge in [-0.15, -0.1) is 5.92 Å². The maximum absolute atomic E-state index is 8.75. The van der Waals surface area contributed by atoms with Crippen LogP contribution in [0.5, 0.6) is 0 Å². The summed E-state index contributed by atoms with van der Waals surface area (Å²) in [5.74, 6) is 6.18. The summed E-state index contributed by atoms with van der Waals surface area (Å²) in [5.41, 5.74) is 1.32. The van der Waals surface area contributed by atoms with Gasteiger partial charge in [-0.1, -0.05) is 36.3 Å². The van der Waals surface area contributed by atoms with E-state index < -0.39 is 0 Å². The summed E-state index contributed by atoms with van der Waals surface area (Å²) >= 11 is 0. The summed E-state index contributed by atoms with van der Waals surface area (Å²) in [6.45, 7) is 2.08. The largest absolute Gasteiger partial charge is 0.395 e. The van der Waals surface area contributed by atoms with Gasteiger partial charge in [-0.2, -0.15) is 0 Å². The minimum atomic E-state index is 0.103. The van der Waals surface area contributed by atoms with Crippen molar-refractivity contribution in [3.05, 3.63) is 35.9 Å². The Kier molecular flexibility index (Phi) is 4.82. The molecule has 0 amide bonds. The van der Waals surface area contributed by atoms with Gasteiger partial charge in [0.1, 0.15) is 0 Å². The lowest BCUT2D eigenvalue weighted by atomic mass is 10.1. The third-order valence-electron chi connectivity index (χ3n) is 2.00. The Morgan fingerprint density at radius 3 is 2.64 bits per heavy atom. The van der Waals surface area contributed by atoms with E-state index in [1.165, 1.54) is 5.56 Å². The van der Waals surface area contributed by atoms with E-state index in [0.29, 0.717) is 0 Å². The first kappa shape index (κ1) is 10.8. The minimum Gasteiger partial charge on any atom is -0.395 e. The Labute approximate surface area is 85.8 Å². The van der Waals surface area contributed by atoms with E-state index in [-0.39, 0.29) is 12.5 Å². The van der Waals surface area contributed by atoms with Gasteiger partial charge in [-0.25, -0.2) is 0 Å². The molecule has 0 saturated carbocycles. The molecular formula is C13H16O. The van der Waals surface area contributed by atoms with Crippen molar-refractivity contribution < 1.29 is 5.11 Å². The third kappa shape index (κ3) is 4.11. The molecule has 0 aliphatic heterocycles. The highest BCUT2D eigenvalue weighted by atomic mass is 16.3. The van der Waals surface area contributed by atoms with E-state index in [2.05, 4.69) is 24.0 Å². The molecule has 1 aromatic rings. The quantitative estimate of drug-likeness (QED) is 0.721. The van der Waals surface area contributed by atoms with Crippen LogP contribution in [0.1, 0.15) is 18.9 Å². The zero-order chi connectivity index (χ0) is 10.2. The molecule has 1 unspecified atom stereocenters. The highest BCUT2D eigenvalue weighted by Gasteiger charge is 1.91. The predicted molar refractivity (Wildman–Crippen MR) is 58.8 cm³/mol. The van der Waals surface area contributed by atoms with Gasteiger partial charge >= 0.3 is 0 Å². The second kappa shape index (κ2) is 6.23. The molecule has 0 heterocycles. The van der Waals surface area contributed by atoms with Crippen LogP contribution in [-0.2, 0) is 6.42 Å². The van der Waals surface area contributed by atoms with Crippen molar-refractivity contribution in [2.75, 3.05) is 6.61 Å². The normalized spacial score (nSPS) is 11.6. The Bertz CT molecular complexity index is 305. The first-order valence-electron chi connectivity index (χ1n) is 4.96. The first-order valence-corrected chi connectivity index (χ1v) is 4.96. The summed E-state index contributed by atoms with van der Waals surface area (Å²) in [6, 6.07) is 10.3. The maximum atomic E-state index is 8.75. The molecule has 0 bridgehead atoms. The van der Waals surface area contributed by atoms with E-state index in [0.717, 1.165) is 12.8 Å². The lowest BCUT2D eigenvalue weighted by Crippen LogP contribution is -1.95. The zero-order valence-corrected chi connectivity index (χ0v) is 8.53. The Morgan fingerprint density at radius 2 is 2.00 bits per heavy atom. The van der Waals surface area contributed by atoms with Crippen LogP contribution in [0.4, 0.5) is 0 Å².